The number of ether oxygens (including phenoxy) is 1. The Balaban J connectivity index is 1.48. The number of carbonyl (C=O) groups is 1. The highest BCUT2D eigenvalue weighted by Gasteiger charge is 2.27. The Morgan fingerprint density at radius 3 is 2.55 bits per heavy atom. The van der Waals surface area contributed by atoms with E-state index in [0.29, 0.717) is 6.54 Å². The highest BCUT2D eigenvalue weighted by atomic mass is 16.5. The number of anilines is 1. The van der Waals surface area contributed by atoms with Crippen LogP contribution in [-0.2, 0) is 16.1 Å². The molecular formula is C24H31N3O2. The van der Waals surface area contributed by atoms with Crippen LogP contribution in [-0.4, -0.2) is 30.1 Å². The molecule has 2 fully saturated rings. The minimum absolute atomic E-state index is 0.0731. The van der Waals surface area contributed by atoms with Gasteiger partial charge in [-0.15, -0.1) is 0 Å². The molecule has 0 spiro atoms. The summed E-state index contributed by atoms with van der Waals surface area (Å²) < 4.78 is 6.26. The summed E-state index contributed by atoms with van der Waals surface area (Å²) in [5.41, 5.74) is 2.99. The number of amides is 1. The van der Waals surface area contributed by atoms with Gasteiger partial charge in [0.15, 0.2) is 6.10 Å². The van der Waals surface area contributed by atoms with Gasteiger partial charge in [-0.2, -0.15) is 0 Å². The first kappa shape index (κ1) is 19.9. The molecular weight excluding hydrogens is 362 g/mol. The van der Waals surface area contributed by atoms with Crippen LogP contribution in [0.5, 0.6) is 0 Å². The minimum atomic E-state index is -0.562. The zero-order valence-electron chi connectivity index (χ0n) is 17.3. The van der Waals surface area contributed by atoms with E-state index in [1.54, 1.807) is 0 Å². The summed E-state index contributed by atoms with van der Waals surface area (Å²) in [5.74, 6) is 0.937. The maximum absolute atomic E-state index is 13.1. The molecule has 29 heavy (non-hydrogen) atoms. The molecule has 1 saturated heterocycles. The Labute approximate surface area is 173 Å². The minimum Gasteiger partial charge on any atom is -0.360 e. The van der Waals surface area contributed by atoms with E-state index in [0.717, 1.165) is 48.6 Å². The van der Waals surface area contributed by atoms with Crippen LogP contribution < -0.4 is 10.2 Å². The van der Waals surface area contributed by atoms with Gasteiger partial charge in [-0.05, 0) is 44.2 Å². The lowest BCUT2D eigenvalue weighted by Crippen LogP contribution is -2.33. The Bertz CT molecular complexity index is 812. The maximum Gasteiger partial charge on any atom is 0.254 e. The first-order chi connectivity index (χ1) is 14.2. The van der Waals surface area contributed by atoms with Gasteiger partial charge < -0.3 is 15.0 Å². The van der Waals surface area contributed by atoms with Crippen molar-refractivity contribution in [1.82, 2.24) is 10.3 Å². The van der Waals surface area contributed by atoms with Gasteiger partial charge in [0.25, 0.3) is 5.91 Å². The molecule has 1 aromatic carbocycles. The molecule has 1 aromatic heterocycles. The number of hydrogen-bond donors (Lipinski definition) is 1. The molecule has 4 rings (SSSR count). The number of aryl methyl sites for hydroxylation is 1. The molecule has 1 unspecified atom stereocenters. The molecule has 2 aliphatic rings. The smallest absolute Gasteiger partial charge is 0.254 e. The third-order valence-electron chi connectivity index (χ3n) is 5.93. The van der Waals surface area contributed by atoms with E-state index >= 15 is 0 Å². The Morgan fingerprint density at radius 1 is 1.10 bits per heavy atom. The van der Waals surface area contributed by atoms with Crippen LogP contribution in [0.15, 0.2) is 42.5 Å². The van der Waals surface area contributed by atoms with Crippen LogP contribution in [0, 0.1) is 6.92 Å². The standard InChI is InChI=1S/C24H31N3O2/c1-18-13-14-20(23(26-18)27-15-7-8-16-27)17-25-24(28)22(19-9-3-2-4-10-19)29-21-11-5-6-12-21/h2-4,9-10,13-14,21-22H,5-8,11-12,15-17H2,1H3,(H,25,28). The van der Waals surface area contributed by atoms with Crippen LogP contribution in [0.3, 0.4) is 0 Å². The van der Waals surface area contributed by atoms with Crippen LogP contribution in [0.25, 0.3) is 0 Å². The van der Waals surface area contributed by atoms with Crippen LogP contribution >= 0.6 is 0 Å². The number of rotatable bonds is 7. The normalized spacial score (nSPS) is 18.2. The van der Waals surface area contributed by atoms with Gasteiger partial charge in [0.2, 0.25) is 0 Å². The predicted molar refractivity (Wildman–Crippen MR) is 115 cm³/mol. The van der Waals surface area contributed by atoms with Gasteiger partial charge in [0.1, 0.15) is 5.82 Å². The Morgan fingerprint density at radius 2 is 1.83 bits per heavy atom. The monoisotopic (exact) mass is 393 g/mol. The van der Waals surface area contributed by atoms with E-state index < -0.39 is 6.10 Å². The lowest BCUT2D eigenvalue weighted by molar-refractivity contribution is -0.137. The van der Waals surface area contributed by atoms with Gasteiger partial charge in [0, 0.05) is 30.9 Å². The molecule has 1 saturated carbocycles. The second-order valence-corrected chi connectivity index (χ2v) is 8.18. The number of benzene rings is 1. The molecule has 1 atom stereocenters. The van der Waals surface area contributed by atoms with E-state index in [1.165, 1.54) is 25.7 Å². The van der Waals surface area contributed by atoms with E-state index in [9.17, 15) is 4.79 Å². The van der Waals surface area contributed by atoms with Gasteiger partial charge in [-0.1, -0.05) is 49.2 Å². The van der Waals surface area contributed by atoms with Crippen LogP contribution in [0.4, 0.5) is 5.82 Å². The van der Waals surface area contributed by atoms with Crippen molar-refractivity contribution in [3.8, 4) is 0 Å². The number of pyridine rings is 1. The third-order valence-corrected chi connectivity index (χ3v) is 5.93. The fraction of sp³-hybridized carbons (Fsp3) is 0.500. The van der Waals surface area contributed by atoms with Crippen molar-refractivity contribution < 1.29 is 9.53 Å². The molecule has 2 aromatic rings. The second kappa shape index (κ2) is 9.40. The van der Waals surface area contributed by atoms with Crippen LogP contribution in [0.1, 0.15) is 61.4 Å². The van der Waals surface area contributed by atoms with Crippen LogP contribution in [0.2, 0.25) is 0 Å². The predicted octanol–water partition coefficient (Wildman–Crippen LogP) is 4.31. The molecule has 0 bridgehead atoms. The number of hydrogen-bond acceptors (Lipinski definition) is 4. The molecule has 1 aliphatic heterocycles. The van der Waals surface area contributed by atoms with E-state index in [2.05, 4.69) is 16.3 Å². The summed E-state index contributed by atoms with van der Waals surface area (Å²) in [6.07, 6.45) is 6.46. The summed E-state index contributed by atoms with van der Waals surface area (Å²) in [5, 5.41) is 3.12. The Kier molecular flexibility index (Phi) is 6.45. The number of aromatic nitrogens is 1. The van der Waals surface area contributed by atoms with E-state index in [1.807, 2.05) is 43.3 Å². The van der Waals surface area contributed by atoms with Crippen molar-refractivity contribution in [2.24, 2.45) is 0 Å². The van der Waals surface area contributed by atoms with Gasteiger partial charge in [-0.3, -0.25) is 4.79 Å². The topological polar surface area (TPSA) is 54.5 Å². The van der Waals surface area contributed by atoms with Gasteiger partial charge in [0.05, 0.1) is 6.10 Å². The molecule has 5 nitrogen and oxygen atoms in total. The first-order valence-electron chi connectivity index (χ1n) is 10.9. The Hall–Kier alpha value is -2.40. The highest BCUT2D eigenvalue weighted by Crippen LogP contribution is 2.28. The molecule has 1 amide bonds. The fourth-order valence-corrected chi connectivity index (χ4v) is 4.32. The zero-order chi connectivity index (χ0) is 20.1. The zero-order valence-corrected chi connectivity index (χ0v) is 17.3. The maximum atomic E-state index is 13.1. The molecule has 1 N–H and O–H groups in total. The summed E-state index contributed by atoms with van der Waals surface area (Å²) in [6, 6.07) is 13.9. The number of nitrogens with one attached hydrogen (secondary N) is 1. The van der Waals surface area contributed by atoms with Crippen molar-refractivity contribution >= 4 is 11.7 Å². The van der Waals surface area contributed by atoms with Gasteiger partial charge >= 0.3 is 0 Å². The number of carbonyl (C=O) groups excluding carboxylic acids is 1. The first-order valence-corrected chi connectivity index (χ1v) is 10.9. The van der Waals surface area contributed by atoms with Crippen molar-refractivity contribution in [2.75, 3.05) is 18.0 Å². The van der Waals surface area contributed by atoms with Gasteiger partial charge in [-0.25, -0.2) is 4.98 Å². The highest BCUT2D eigenvalue weighted by molar-refractivity contribution is 5.82. The van der Waals surface area contributed by atoms with Crippen molar-refractivity contribution in [3.05, 3.63) is 59.3 Å². The number of nitrogens with zero attached hydrogens (tertiary/aromatic N) is 2. The quantitative estimate of drug-likeness (QED) is 0.762. The average Bonchev–Trinajstić information content (AvgIpc) is 3.45. The SMILES string of the molecule is Cc1ccc(CNC(=O)C(OC2CCCC2)c2ccccc2)c(N2CCCC2)n1. The molecule has 154 valence electrons. The lowest BCUT2D eigenvalue weighted by atomic mass is 10.1. The molecule has 1 aliphatic carbocycles. The van der Waals surface area contributed by atoms with E-state index in [4.69, 9.17) is 9.72 Å². The van der Waals surface area contributed by atoms with Crippen molar-refractivity contribution in [3.63, 3.8) is 0 Å². The summed E-state index contributed by atoms with van der Waals surface area (Å²) >= 11 is 0. The lowest BCUT2D eigenvalue weighted by Gasteiger charge is -2.23. The average molecular weight is 394 g/mol. The summed E-state index contributed by atoms with van der Waals surface area (Å²) in [6.45, 7) is 4.56. The van der Waals surface area contributed by atoms with Crippen molar-refractivity contribution in [2.45, 2.75) is 64.2 Å². The third kappa shape index (κ3) is 4.96. The molecule has 5 heteroatoms. The fourth-order valence-electron chi connectivity index (χ4n) is 4.32. The molecule has 2 heterocycles. The van der Waals surface area contributed by atoms with E-state index in [-0.39, 0.29) is 12.0 Å². The molecule has 0 radical (unpaired) electrons. The summed E-state index contributed by atoms with van der Waals surface area (Å²) in [7, 11) is 0. The largest absolute Gasteiger partial charge is 0.360 e. The second-order valence-electron chi connectivity index (χ2n) is 8.18. The van der Waals surface area contributed by atoms with Crippen molar-refractivity contribution in [1.29, 1.82) is 0 Å². The summed E-state index contributed by atoms with van der Waals surface area (Å²) in [4.78, 5) is 20.2.